The molecule has 0 amide bonds. The first kappa shape index (κ1) is 16.2. The topological polar surface area (TPSA) is 30.0 Å². The van der Waals surface area contributed by atoms with E-state index in [-0.39, 0.29) is 5.41 Å². The fourth-order valence-electron chi connectivity index (χ4n) is 3.45. The van der Waals surface area contributed by atoms with Crippen molar-refractivity contribution in [1.82, 2.24) is 4.98 Å². The molecule has 0 unspecified atom stereocenters. The molecule has 21 heavy (non-hydrogen) atoms. The van der Waals surface area contributed by atoms with Crippen molar-refractivity contribution < 1.29 is 4.79 Å². The van der Waals surface area contributed by atoms with Crippen molar-refractivity contribution in [3.8, 4) is 0 Å². The van der Waals surface area contributed by atoms with Crippen molar-refractivity contribution in [2.45, 2.75) is 78.6 Å². The van der Waals surface area contributed by atoms with Gasteiger partial charge < -0.3 is 0 Å². The van der Waals surface area contributed by atoms with Gasteiger partial charge in [0.25, 0.3) is 0 Å². The molecule has 2 rings (SSSR count). The minimum absolute atomic E-state index is 0.198. The number of fused-ring (bicyclic) bond motifs is 1. The van der Waals surface area contributed by atoms with E-state index in [1.165, 1.54) is 25.7 Å². The highest BCUT2D eigenvalue weighted by Gasteiger charge is 2.40. The van der Waals surface area contributed by atoms with Crippen molar-refractivity contribution in [2.75, 3.05) is 0 Å². The third-order valence-electron chi connectivity index (χ3n) is 5.07. The number of carbonyl (C=O) groups is 1. The largest absolute Gasteiger partial charge is 0.293 e. The van der Waals surface area contributed by atoms with E-state index in [0.29, 0.717) is 11.7 Å². The Labute approximate surface area is 129 Å². The summed E-state index contributed by atoms with van der Waals surface area (Å²) in [5.74, 6) is 0.682. The van der Waals surface area contributed by atoms with E-state index in [4.69, 9.17) is 4.98 Å². The van der Waals surface area contributed by atoms with Crippen LogP contribution in [0, 0.1) is 5.41 Å². The van der Waals surface area contributed by atoms with Crippen LogP contribution in [0.25, 0.3) is 0 Å². The summed E-state index contributed by atoms with van der Waals surface area (Å²) < 4.78 is 0. The zero-order valence-corrected chi connectivity index (χ0v) is 14.0. The maximum Gasteiger partial charge on any atom is 0.170 e. The molecule has 2 atom stereocenters. The van der Waals surface area contributed by atoms with Crippen molar-refractivity contribution in [3.63, 3.8) is 0 Å². The van der Waals surface area contributed by atoms with E-state index in [9.17, 15) is 4.79 Å². The van der Waals surface area contributed by atoms with Gasteiger partial charge in [-0.15, -0.1) is 0 Å². The van der Waals surface area contributed by atoms with Gasteiger partial charge in [-0.3, -0.25) is 9.78 Å². The first-order chi connectivity index (χ1) is 10.0. The van der Waals surface area contributed by atoms with Crippen LogP contribution in [-0.4, -0.2) is 10.8 Å². The molecule has 0 saturated heterocycles. The van der Waals surface area contributed by atoms with Crippen LogP contribution in [0.2, 0.25) is 0 Å². The van der Waals surface area contributed by atoms with Crippen molar-refractivity contribution in [1.29, 1.82) is 0 Å². The second-order valence-corrected chi connectivity index (χ2v) is 6.89. The summed E-state index contributed by atoms with van der Waals surface area (Å²) in [6, 6.07) is 4.10. The number of hydrogen-bond acceptors (Lipinski definition) is 2. The van der Waals surface area contributed by atoms with E-state index < -0.39 is 0 Å². The molecule has 0 saturated carbocycles. The van der Waals surface area contributed by atoms with Gasteiger partial charge >= 0.3 is 0 Å². The molecule has 0 bridgehead atoms. The van der Waals surface area contributed by atoms with Crippen LogP contribution >= 0.6 is 0 Å². The maximum atomic E-state index is 12.7. The summed E-state index contributed by atoms with van der Waals surface area (Å²) in [6.07, 6.45) is 7.93. The Kier molecular flexibility index (Phi) is 5.18. The Bertz CT molecular complexity index is 508. The van der Waals surface area contributed by atoms with E-state index >= 15 is 0 Å². The van der Waals surface area contributed by atoms with Crippen molar-refractivity contribution in [2.24, 2.45) is 5.41 Å². The standard InChI is InChI=1S/C19H29NO/c1-5-7-8-9-10-15-11-12-16-17(20-15)14(3)13-19(4,6-2)18(16)21/h11-12,14H,5-10,13H2,1-4H3/t14-,19-/m1/s1. The number of Topliss-reactive ketones (excluding diaryl/α,β-unsaturated/α-hetero) is 1. The first-order valence-corrected chi connectivity index (χ1v) is 8.56. The van der Waals surface area contributed by atoms with E-state index in [2.05, 4.69) is 33.8 Å². The molecule has 0 aromatic carbocycles. The minimum atomic E-state index is -0.198. The number of nitrogens with zero attached hydrogens (tertiary/aromatic N) is 1. The summed E-state index contributed by atoms with van der Waals surface area (Å²) in [4.78, 5) is 17.5. The highest BCUT2D eigenvalue weighted by molar-refractivity contribution is 6.02. The number of aromatic nitrogens is 1. The van der Waals surface area contributed by atoms with Gasteiger partial charge in [-0.25, -0.2) is 0 Å². The Morgan fingerprint density at radius 1 is 1.24 bits per heavy atom. The molecule has 2 nitrogen and oxygen atoms in total. The average Bonchev–Trinajstić information content (AvgIpc) is 2.49. The SMILES string of the molecule is CCCCCCc1ccc2c(n1)[C@H](C)C[C@@](C)(CC)C2=O. The number of hydrogen-bond donors (Lipinski definition) is 0. The fourth-order valence-corrected chi connectivity index (χ4v) is 3.45. The van der Waals surface area contributed by atoms with Gasteiger partial charge in [0.2, 0.25) is 0 Å². The fraction of sp³-hybridized carbons (Fsp3) is 0.684. The highest BCUT2D eigenvalue weighted by atomic mass is 16.1. The van der Waals surface area contributed by atoms with Crippen LogP contribution in [-0.2, 0) is 6.42 Å². The van der Waals surface area contributed by atoms with Crippen molar-refractivity contribution >= 4 is 5.78 Å². The normalized spacial score (nSPS) is 25.0. The molecule has 1 aromatic heterocycles. The zero-order chi connectivity index (χ0) is 15.5. The predicted molar refractivity (Wildman–Crippen MR) is 87.8 cm³/mol. The van der Waals surface area contributed by atoms with Gasteiger partial charge in [0.1, 0.15) is 0 Å². The lowest BCUT2D eigenvalue weighted by molar-refractivity contribution is 0.0760. The Balaban J connectivity index is 2.17. The molecule has 0 N–H and O–H groups in total. The number of pyridine rings is 1. The molecule has 0 spiro atoms. The van der Waals surface area contributed by atoms with Gasteiger partial charge in [-0.05, 0) is 37.8 Å². The monoisotopic (exact) mass is 287 g/mol. The molecule has 0 aliphatic heterocycles. The van der Waals surface area contributed by atoms with Crippen LogP contribution < -0.4 is 0 Å². The first-order valence-electron chi connectivity index (χ1n) is 8.56. The third kappa shape index (κ3) is 3.36. The molecule has 1 aliphatic rings. The molecule has 1 aliphatic carbocycles. The molecule has 2 heteroatoms. The molecule has 1 heterocycles. The second kappa shape index (κ2) is 6.72. The minimum Gasteiger partial charge on any atom is -0.293 e. The van der Waals surface area contributed by atoms with Crippen LogP contribution in [0.5, 0.6) is 0 Å². The van der Waals surface area contributed by atoms with Crippen LogP contribution in [0.4, 0.5) is 0 Å². The molecule has 1 aromatic rings. The van der Waals surface area contributed by atoms with Gasteiger partial charge in [0, 0.05) is 22.6 Å². The van der Waals surface area contributed by atoms with Crippen LogP contribution in [0.15, 0.2) is 12.1 Å². The van der Waals surface area contributed by atoms with Gasteiger partial charge in [-0.2, -0.15) is 0 Å². The summed E-state index contributed by atoms with van der Waals surface area (Å²) in [5.41, 5.74) is 2.87. The molecular formula is C19H29NO. The quantitative estimate of drug-likeness (QED) is 0.664. The predicted octanol–water partition coefficient (Wildman–Crippen LogP) is 5.31. The molecule has 0 fully saturated rings. The van der Waals surface area contributed by atoms with E-state index in [1.807, 2.05) is 6.07 Å². The summed E-state index contributed by atoms with van der Waals surface area (Å²) in [7, 11) is 0. The smallest absolute Gasteiger partial charge is 0.170 e. The maximum absolute atomic E-state index is 12.7. The van der Waals surface area contributed by atoms with Gasteiger partial charge in [0.05, 0.1) is 5.69 Å². The van der Waals surface area contributed by atoms with Gasteiger partial charge in [-0.1, -0.05) is 47.0 Å². The summed E-state index contributed by atoms with van der Waals surface area (Å²) in [5, 5.41) is 0. The van der Waals surface area contributed by atoms with Crippen LogP contribution in [0.1, 0.15) is 93.9 Å². The summed E-state index contributed by atoms with van der Waals surface area (Å²) in [6.45, 7) is 8.67. The molecule has 116 valence electrons. The lowest BCUT2D eigenvalue weighted by Gasteiger charge is -2.35. The lowest BCUT2D eigenvalue weighted by atomic mass is 9.68. The number of unbranched alkanes of at least 4 members (excludes halogenated alkanes) is 3. The number of carbonyl (C=O) groups excluding carboxylic acids is 1. The second-order valence-electron chi connectivity index (χ2n) is 6.89. The number of ketones is 1. The van der Waals surface area contributed by atoms with Crippen LogP contribution in [0.3, 0.4) is 0 Å². The Morgan fingerprint density at radius 3 is 2.67 bits per heavy atom. The van der Waals surface area contributed by atoms with E-state index in [0.717, 1.165) is 36.2 Å². The highest BCUT2D eigenvalue weighted by Crippen LogP contribution is 2.43. The lowest BCUT2D eigenvalue weighted by Crippen LogP contribution is -2.35. The molecule has 0 radical (unpaired) electrons. The van der Waals surface area contributed by atoms with Crippen molar-refractivity contribution in [3.05, 3.63) is 29.1 Å². The van der Waals surface area contributed by atoms with Gasteiger partial charge in [0.15, 0.2) is 5.78 Å². The third-order valence-corrected chi connectivity index (χ3v) is 5.07. The molecular weight excluding hydrogens is 258 g/mol. The Morgan fingerprint density at radius 2 is 2.00 bits per heavy atom. The summed E-state index contributed by atoms with van der Waals surface area (Å²) >= 11 is 0. The number of aryl methyl sites for hydroxylation is 1. The van der Waals surface area contributed by atoms with E-state index in [1.54, 1.807) is 0 Å². The average molecular weight is 287 g/mol. The number of rotatable bonds is 6. The zero-order valence-electron chi connectivity index (χ0n) is 14.0. The Hall–Kier alpha value is -1.18.